The molecule has 4 rings (SSSR count). The molecule has 0 unspecified atom stereocenters. The van der Waals surface area contributed by atoms with Crippen LogP contribution in [-0.4, -0.2) is 27.6 Å². The van der Waals surface area contributed by atoms with E-state index in [0.29, 0.717) is 23.9 Å². The van der Waals surface area contributed by atoms with E-state index in [9.17, 15) is 4.79 Å². The van der Waals surface area contributed by atoms with Crippen molar-refractivity contribution in [2.45, 2.75) is 13.0 Å². The maximum absolute atomic E-state index is 11.2. The maximum Gasteiger partial charge on any atom is 0.335 e. The number of anilines is 2. The standard InChI is InChI=1S/C18H16N4O2/c19-16-14-3-1-2-4-15(14)20-18(21-16)22-8-7-11-5-6-12(17(23)24)9-13(11)10-22/h1-6,9H,7-8,10H2,(H,23,24)(H2,19,20,21). The van der Waals surface area contributed by atoms with Crippen molar-refractivity contribution in [2.75, 3.05) is 17.2 Å². The van der Waals surface area contributed by atoms with Gasteiger partial charge in [0.15, 0.2) is 0 Å². The molecule has 0 bridgehead atoms. The fourth-order valence-corrected chi connectivity index (χ4v) is 3.09. The summed E-state index contributed by atoms with van der Waals surface area (Å²) < 4.78 is 0. The number of nitrogens with zero attached hydrogens (tertiary/aromatic N) is 3. The Morgan fingerprint density at radius 1 is 1.12 bits per heavy atom. The molecule has 0 saturated carbocycles. The third kappa shape index (κ3) is 2.42. The van der Waals surface area contributed by atoms with Gasteiger partial charge in [0.05, 0.1) is 11.1 Å². The zero-order valence-corrected chi connectivity index (χ0v) is 12.9. The van der Waals surface area contributed by atoms with Gasteiger partial charge in [0.25, 0.3) is 0 Å². The van der Waals surface area contributed by atoms with Crippen LogP contribution in [0.1, 0.15) is 21.5 Å². The second-order valence-corrected chi connectivity index (χ2v) is 5.89. The number of fused-ring (bicyclic) bond motifs is 2. The summed E-state index contributed by atoms with van der Waals surface area (Å²) in [5, 5.41) is 10.0. The summed E-state index contributed by atoms with van der Waals surface area (Å²) >= 11 is 0. The third-order valence-corrected chi connectivity index (χ3v) is 4.37. The first kappa shape index (κ1) is 14.4. The van der Waals surface area contributed by atoms with Gasteiger partial charge < -0.3 is 15.7 Å². The van der Waals surface area contributed by atoms with Gasteiger partial charge in [-0.25, -0.2) is 9.78 Å². The second kappa shape index (κ2) is 5.49. The van der Waals surface area contributed by atoms with Crippen LogP contribution in [0.25, 0.3) is 10.9 Å². The number of aromatic nitrogens is 2. The Balaban J connectivity index is 1.71. The highest BCUT2D eigenvalue weighted by atomic mass is 16.4. The van der Waals surface area contributed by atoms with E-state index in [4.69, 9.17) is 10.8 Å². The lowest BCUT2D eigenvalue weighted by atomic mass is 9.97. The van der Waals surface area contributed by atoms with Crippen molar-refractivity contribution in [1.29, 1.82) is 0 Å². The number of aromatic carboxylic acids is 1. The van der Waals surface area contributed by atoms with Crippen molar-refractivity contribution in [1.82, 2.24) is 9.97 Å². The first-order valence-corrected chi connectivity index (χ1v) is 7.74. The van der Waals surface area contributed by atoms with Crippen LogP contribution in [0.4, 0.5) is 11.8 Å². The van der Waals surface area contributed by atoms with Gasteiger partial charge in [-0.15, -0.1) is 0 Å². The summed E-state index contributed by atoms with van der Waals surface area (Å²) in [5.74, 6) is 0.124. The fourth-order valence-electron chi connectivity index (χ4n) is 3.09. The van der Waals surface area contributed by atoms with Crippen LogP contribution in [0.2, 0.25) is 0 Å². The van der Waals surface area contributed by atoms with Crippen molar-refractivity contribution in [3.63, 3.8) is 0 Å². The topological polar surface area (TPSA) is 92.3 Å². The Morgan fingerprint density at radius 2 is 1.96 bits per heavy atom. The molecule has 3 aromatic rings. The number of benzene rings is 2. The van der Waals surface area contributed by atoms with E-state index in [1.54, 1.807) is 12.1 Å². The van der Waals surface area contributed by atoms with Gasteiger partial charge in [-0.2, -0.15) is 4.98 Å². The fraction of sp³-hybridized carbons (Fsp3) is 0.167. The monoisotopic (exact) mass is 320 g/mol. The van der Waals surface area contributed by atoms with Crippen LogP contribution in [0.5, 0.6) is 0 Å². The van der Waals surface area contributed by atoms with Crippen LogP contribution in [-0.2, 0) is 13.0 Å². The predicted molar refractivity (Wildman–Crippen MR) is 92.1 cm³/mol. The van der Waals surface area contributed by atoms with Crippen molar-refractivity contribution in [3.8, 4) is 0 Å². The van der Waals surface area contributed by atoms with Crippen molar-refractivity contribution >= 4 is 28.6 Å². The molecule has 1 aromatic heterocycles. The van der Waals surface area contributed by atoms with Gasteiger partial charge in [-0.1, -0.05) is 18.2 Å². The zero-order valence-electron chi connectivity index (χ0n) is 12.9. The quantitative estimate of drug-likeness (QED) is 0.753. The first-order valence-electron chi connectivity index (χ1n) is 7.74. The zero-order chi connectivity index (χ0) is 16.7. The number of carboxylic acid groups (broad SMARTS) is 1. The number of nitrogen functional groups attached to an aromatic ring is 1. The molecular formula is C18H16N4O2. The summed E-state index contributed by atoms with van der Waals surface area (Å²) in [6.07, 6.45) is 0.825. The molecule has 1 aliphatic heterocycles. The Labute approximate surface area is 138 Å². The Bertz CT molecular complexity index is 955. The van der Waals surface area contributed by atoms with Crippen LogP contribution < -0.4 is 10.6 Å². The number of rotatable bonds is 2. The van der Waals surface area contributed by atoms with Crippen LogP contribution >= 0.6 is 0 Å². The normalized spacial score (nSPS) is 13.8. The molecule has 24 heavy (non-hydrogen) atoms. The molecule has 0 saturated heterocycles. The maximum atomic E-state index is 11.2. The van der Waals surface area contributed by atoms with Gasteiger partial charge in [-0.3, -0.25) is 0 Å². The summed E-state index contributed by atoms with van der Waals surface area (Å²) in [5.41, 5.74) is 9.35. The molecular weight excluding hydrogens is 304 g/mol. The Morgan fingerprint density at radius 3 is 2.79 bits per heavy atom. The summed E-state index contributed by atoms with van der Waals surface area (Å²) in [4.78, 5) is 22.3. The lowest BCUT2D eigenvalue weighted by Gasteiger charge is -2.29. The first-order chi connectivity index (χ1) is 11.6. The van der Waals surface area contributed by atoms with Gasteiger partial charge >= 0.3 is 5.97 Å². The van der Waals surface area contributed by atoms with E-state index in [-0.39, 0.29) is 0 Å². The number of nitrogens with two attached hydrogens (primary N) is 1. The minimum absolute atomic E-state index is 0.301. The third-order valence-electron chi connectivity index (χ3n) is 4.37. The Kier molecular flexibility index (Phi) is 3.30. The lowest BCUT2D eigenvalue weighted by Crippen LogP contribution is -2.32. The van der Waals surface area contributed by atoms with Crippen LogP contribution in [0, 0.1) is 0 Å². The molecule has 0 atom stereocenters. The molecule has 2 aromatic carbocycles. The molecule has 3 N–H and O–H groups in total. The summed E-state index contributed by atoms with van der Waals surface area (Å²) in [7, 11) is 0. The van der Waals surface area contributed by atoms with Gasteiger partial charge in [0.1, 0.15) is 5.82 Å². The SMILES string of the molecule is Nc1nc(N2CCc3ccc(C(=O)O)cc3C2)nc2ccccc12. The number of para-hydroxylation sites is 1. The molecule has 0 spiro atoms. The van der Waals surface area contributed by atoms with Crippen molar-refractivity contribution in [2.24, 2.45) is 0 Å². The average Bonchev–Trinajstić information content (AvgIpc) is 2.60. The van der Waals surface area contributed by atoms with E-state index in [2.05, 4.69) is 9.97 Å². The highest BCUT2D eigenvalue weighted by molar-refractivity contribution is 5.89. The molecule has 1 aliphatic rings. The van der Waals surface area contributed by atoms with Crippen molar-refractivity contribution in [3.05, 3.63) is 59.2 Å². The van der Waals surface area contributed by atoms with Gasteiger partial charge in [0.2, 0.25) is 5.95 Å². The molecule has 0 amide bonds. The number of carboxylic acids is 1. The van der Waals surface area contributed by atoms with Gasteiger partial charge in [-0.05, 0) is 41.8 Å². The highest BCUT2D eigenvalue weighted by Gasteiger charge is 2.20. The molecule has 6 heteroatoms. The van der Waals surface area contributed by atoms with Crippen LogP contribution in [0.3, 0.4) is 0 Å². The lowest BCUT2D eigenvalue weighted by molar-refractivity contribution is 0.0696. The number of hydrogen-bond acceptors (Lipinski definition) is 5. The molecule has 0 fully saturated rings. The van der Waals surface area contributed by atoms with Crippen molar-refractivity contribution < 1.29 is 9.90 Å². The molecule has 2 heterocycles. The van der Waals surface area contributed by atoms with E-state index >= 15 is 0 Å². The smallest absolute Gasteiger partial charge is 0.335 e. The van der Waals surface area contributed by atoms with E-state index in [1.165, 1.54) is 5.56 Å². The second-order valence-electron chi connectivity index (χ2n) is 5.89. The van der Waals surface area contributed by atoms with E-state index in [1.807, 2.05) is 35.2 Å². The van der Waals surface area contributed by atoms with Crippen LogP contribution in [0.15, 0.2) is 42.5 Å². The minimum atomic E-state index is -0.916. The summed E-state index contributed by atoms with van der Waals surface area (Å²) in [6, 6.07) is 12.9. The minimum Gasteiger partial charge on any atom is -0.478 e. The summed E-state index contributed by atoms with van der Waals surface area (Å²) in [6.45, 7) is 1.35. The molecule has 0 aliphatic carbocycles. The van der Waals surface area contributed by atoms with Gasteiger partial charge in [0, 0.05) is 18.5 Å². The number of carbonyl (C=O) groups is 1. The highest BCUT2D eigenvalue weighted by Crippen LogP contribution is 2.26. The Hall–Kier alpha value is -3.15. The number of hydrogen-bond donors (Lipinski definition) is 2. The average molecular weight is 320 g/mol. The molecule has 6 nitrogen and oxygen atoms in total. The van der Waals surface area contributed by atoms with E-state index < -0.39 is 5.97 Å². The molecule has 0 radical (unpaired) electrons. The molecule has 120 valence electrons. The largest absolute Gasteiger partial charge is 0.478 e. The predicted octanol–water partition coefficient (Wildman–Crippen LogP) is 2.47. The van der Waals surface area contributed by atoms with E-state index in [0.717, 1.165) is 29.4 Å².